The van der Waals surface area contributed by atoms with Gasteiger partial charge in [0.05, 0.1) is 26.4 Å². The Morgan fingerprint density at radius 1 is 0.393 bits per heavy atom. The van der Waals surface area contributed by atoms with Gasteiger partial charge in [0.1, 0.15) is 45.7 Å². The highest BCUT2D eigenvalue weighted by molar-refractivity contribution is 5.70. The maximum absolute atomic E-state index is 13.6. The molecule has 28 nitrogen and oxygen atoms in total. The van der Waals surface area contributed by atoms with Crippen molar-refractivity contribution in [1.82, 2.24) is 59.1 Å². The van der Waals surface area contributed by atoms with Crippen molar-refractivity contribution < 1.29 is 47.6 Å². The number of rotatable bonds is 28. The van der Waals surface area contributed by atoms with E-state index in [1.54, 1.807) is 0 Å². The maximum Gasteiger partial charge on any atom is 0.410 e. The first kappa shape index (κ1) is 93.0. The summed E-state index contributed by atoms with van der Waals surface area (Å²) in [6.07, 6.45) is 21.2. The number of piperazine rings is 2. The zero-order valence-corrected chi connectivity index (χ0v) is 70.1. The number of carbonyl (C=O) groups excluding carboxylic acids is 4. The summed E-state index contributed by atoms with van der Waals surface area (Å²) in [5, 5.41) is 6.92. The number of morpholine rings is 2. The Morgan fingerprint density at radius 3 is 0.938 bits per heavy atom. The van der Waals surface area contributed by atoms with Crippen molar-refractivity contribution in [3.05, 3.63) is 12.1 Å². The maximum atomic E-state index is 13.6. The molecule has 0 radical (unpaired) electrons. The summed E-state index contributed by atoms with van der Waals surface area (Å²) in [7, 11) is 0. The molecule has 10 rings (SSSR count). The van der Waals surface area contributed by atoms with Gasteiger partial charge in [0.15, 0.2) is 0 Å². The van der Waals surface area contributed by atoms with Crippen molar-refractivity contribution in [2.24, 2.45) is 11.8 Å². The van der Waals surface area contributed by atoms with Crippen molar-refractivity contribution >= 4 is 59.5 Å². The van der Waals surface area contributed by atoms with Gasteiger partial charge in [-0.15, -0.1) is 0 Å². The lowest BCUT2D eigenvalue weighted by molar-refractivity contribution is 0.00255. The number of nitrogens with zero attached hydrogens (tertiary/aromatic N) is 14. The Balaban J connectivity index is 0.000000305. The van der Waals surface area contributed by atoms with Crippen LogP contribution in [0.3, 0.4) is 0 Å². The number of nitrogens with two attached hydrogens (primary N) is 2. The molecule has 6 N–H and O–H groups in total. The lowest BCUT2D eigenvalue weighted by Gasteiger charge is -2.39. The molecule has 2 aromatic heterocycles. The smallest absolute Gasteiger partial charge is 0.410 e. The molecule has 4 amide bonds. The molecule has 112 heavy (non-hydrogen) atoms. The molecule has 0 unspecified atom stereocenters. The number of nitrogen functional groups attached to an aromatic ring is 2. The lowest BCUT2D eigenvalue weighted by Crippen LogP contribution is -2.49. The highest BCUT2D eigenvalue weighted by atomic mass is 16.6. The second kappa shape index (κ2) is 45.3. The van der Waals surface area contributed by atoms with E-state index in [2.05, 4.69) is 50.0 Å². The van der Waals surface area contributed by atoms with Gasteiger partial charge in [-0.3, -0.25) is 19.6 Å². The molecule has 640 valence electrons. The first-order valence-corrected chi connectivity index (χ1v) is 42.7. The van der Waals surface area contributed by atoms with Crippen LogP contribution in [0.5, 0.6) is 0 Å². The van der Waals surface area contributed by atoms with Gasteiger partial charge in [0.2, 0.25) is 11.9 Å². The van der Waals surface area contributed by atoms with E-state index in [1.165, 1.54) is 12.8 Å². The average molecular weight is 1580 g/mol. The molecule has 28 heteroatoms. The number of amides is 4. The van der Waals surface area contributed by atoms with Gasteiger partial charge in [-0.2, -0.15) is 19.9 Å². The van der Waals surface area contributed by atoms with Crippen molar-refractivity contribution in [3.63, 3.8) is 0 Å². The van der Waals surface area contributed by atoms with Crippen molar-refractivity contribution in [2.45, 2.75) is 286 Å². The van der Waals surface area contributed by atoms with Crippen LogP contribution in [0.2, 0.25) is 0 Å². The van der Waals surface area contributed by atoms with E-state index in [0.717, 1.165) is 271 Å². The third kappa shape index (κ3) is 32.5. The summed E-state index contributed by atoms with van der Waals surface area (Å²) in [4.78, 5) is 95.0. The zero-order chi connectivity index (χ0) is 78.9. The fourth-order valence-corrected chi connectivity index (χ4v) is 16.9. The molecule has 0 atom stereocenters. The molecule has 8 fully saturated rings. The predicted molar refractivity (Wildman–Crippen MR) is 451 cm³/mol. The molecule has 0 aromatic carbocycles. The van der Waals surface area contributed by atoms with Gasteiger partial charge in [-0.05, 0) is 198 Å². The number of nitrogens with one attached hydrogen (secondary N) is 2. The topological polar surface area (TPSA) is 284 Å². The average Bonchev–Trinajstić information content (AvgIpc) is 0.841. The van der Waals surface area contributed by atoms with Crippen LogP contribution in [0.15, 0.2) is 12.1 Å². The van der Waals surface area contributed by atoms with Crippen LogP contribution in [0.1, 0.15) is 239 Å². The van der Waals surface area contributed by atoms with Crippen LogP contribution in [0.25, 0.3) is 0 Å². The van der Waals surface area contributed by atoms with Gasteiger partial charge in [0.25, 0.3) is 0 Å². The van der Waals surface area contributed by atoms with Crippen LogP contribution < -0.4 is 31.9 Å². The number of aromatic nitrogens is 4. The first-order valence-electron chi connectivity index (χ1n) is 42.7. The zero-order valence-electron chi connectivity index (χ0n) is 70.1. The highest BCUT2D eigenvalue weighted by Crippen LogP contribution is 2.35. The minimum Gasteiger partial charge on any atom is -0.444 e. The van der Waals surface area contributed by atoms with Gasteiger partial charge in [-0.1, -0.05) is 53.4 Å². The Kier molecular flexibility index (Phi) is 37.6. The van der Waals surface area contributed by atoms with Crippen molar-refractivity contribution in [3.8, 4) is 0 Å². The summed E-state index contributed by atoms with van der Waals surface area (Å²) in [6, 6.07) is 4.39. The monoisotopic (exact) mass is 1580 g/mol. The number of hydrogen-bond acceptors (Lipinski definition) is 24. The molecular formula is C84H154N18O10. The molecule has 4 saturated carbocycles. The molecule has 6 heterocycles. The third-order valence-corrected chi connectivity index (χ3v) is 22.9. The predicted octanol–water partition coefficient (Wildman–Crippen LogP) is 13.4. The molecule has 2 aromatic rings. The molecule has 0 bridgehead atoms. The minimum absolute atomic E-state index is 0. The number of ether oxygens (including phenoxy) is 6. The van der Waals surface area contributed by atoms with Gasteiger partial charge in [-0.25, -0.2) is 19.2 Å². The molecule has 4 aliphatic carbocycles. The first-order chi connectivity index (χ1) is 52.4. The van der Waals surface area contributed by atoms with Gasteiger partial charge in [0, 0.05) is 180 Å². The molecular weight excluding hydrogens is 1420 g/mol. The van der Waals surface area contributed by atoms with E-state index in [1.807, 2.05) is 115 Å². The number of anilines is 6. The Labute approximate surface area is 675 Å². The van der Waals surface area contributed by atoms with Crippen molar-refractivity contribution in [2.75, 3.05) is 202 Å². The Bertz CT molecular complexity index is 2850. The summed E-state index contributed by atoms with van der Waals surface area (Å²) in [5.74, 6) is 5.01. The van der Waals surface area contributed by atoms with Crippen LogP contribution in [-0.4, -0.2) is 300 Å². The second-order valence-electron chi connectivity index (χ2n) is 36.3. The van der Waals surface area contributed by atoms with Gasteiger partial charge < -0.3 is 79.9 Å². The Morgan fingerprint density at radius 2 is 0.661 bits per heavy atom. The van der Waals surface area contributed by atoms with E-state index in [4.69, 9.17) is 49.9 Å². The van der Waals surface area contributed by atoms with E-state index in [0.29, 0.717) is 74.4 Å². The van der Waals surface area contributed by atoms with Crippen LogP contribution in [0, 0.1) is 11.8 Å². The van der Waals surface area contributed by atoms with E-state index >= 15 is 0 Å². The van der Waals surface area contributed by atoms with E-state index < -0.39 is 22.4 Å². The van der Waals surface area contributed by atoms with Crippen LogP contribution in [0.4, 0.5) is 54.3 Å². The molecule has 0 spiro atoms. The van der Waals surface area contributed by atoms with E-state index in [9.17, 15) is 19.2 Å². The van der Waals surface area contributed by atoms with Crippen molar-refractivity contribution in [1.29, 1.82) is 0 Å². The second-order valence-corrected chi connectivity index (χ2v) is 36.3. The summed E-state index contributed by atoms with van der Waals surface area (Å²) < 4.78 is 34.5. The fraction of sp³-hybridized carbons (Fsp3) is 0.857. The fourth-order valence-electron chi connectivity index (χ4n) is 16.9. The van der Waals surface area contributed by atoms with Gasteiger partial charge >= 0.3 is 24.4 Å². The Hall–Kier alpha value is -6.20. The number of carbonyl (C=O) groups is 4. The summed E-state index contributed by atoms with van der Waals surface area (Å²) in [6.45, 7) is 46.4. The highest BCUT2D eigenvalue weighted by Gasteiger charge is 2.37. The quantitative estimate of drug-likeness (QED) is 0.0576. The lowest BCUT2D eigenvalue weighted by atomic mass is 9.83. The number of hydrogen-bond donors (Lipinski definition) is 4. The normalized spacial score (nSPS) is 21.9. The van der Waals surface area contributed by atoms with Crippen LogP contribution >= 0.6 is 0 Å². The minimum atomic E-state index is -0.580. The summed E-state index contributed by atoms with van der Waals surface area (Å²) >= 11 is 0. The molecule has 4 aliphatic heterocycles. The van der Waals surface area contributed by atoms with Crippen LogP contribution in [-0.2, 0) is 28.4 Å². The standard InChI is InChI=1S/2C41H73N9O5.2CH4/c2*1-40(2,3)54-38(51)49(33-11-8-7-9-12-33)19-10-20-50(39(52)55-41(4,5)6)34-15-13-32(14-16-34)17-18-43-37-44-35(42)31-36(45-37)48-25-23-46(24-26-48)21-22-47-27-29-53-30-28-47;;/h2*31-34H,7-30H2,1-6H3,(H3,42,43,44,45);2*1H4. The molecule has 4 saturated heterocycles. The third-order valence-electron chi connectivity index (χ3n) is 22.9. The SMILES string of the molecule is C.C.CC(C)(C)OC(=O)N(CCCN(C(=O)OC(C)(C)C)C1CCC(CCNc2nc(N)cc(N3CCN(CCN4CCOCC4)CC3)n2)CC1)C1CCCCC1.CC(C)(C)OC(=O)N(CCCN(C(=O)OC(C)(C)C)C1CCC(CCNc2nc(N)cc(N3CCN(CCN4CCOCC4)CC3)n2)CC1)C1CCCCC1. The largest absolute Gasteiger partial charge is 0.444 e. The molecule has 8 aliphatic rings. The van der Waals surface area contributed by atoms with E-state index in [-0.39, 0.29) is 63.4 Å². The summed E-state index contributed by atoms with van der Waals surface area (Å²) in [5.41, 5.74) is 10.3.